The van der Waals surface area contributed by atoms with Crippen molar-refractivity contribution in [1.29, 1.82) is 0 Å². The first-order valence-electron chi connectivity index (χ1n) is 13.1. The van der Waals surface area contributed by atoms with Crippen molar-refractivity contribution in [3.63, 3.8) is 0 Å². The second kappa shape index (κ2) is 15.7. The first-order valence-corrected chi connectivity index (χ1v) is 14.9. The number of aliphatic carboxylic acids is 1. The summed E-state index contributed by atoms with van der Waals surface area (Å²) in [6, 6.07) is 4.16. The Kier molecular flexibility index (Phi) is 12.7. The second-order valence-electron chi connectivity index (χ2n) is 9.57. The molecule has 2 aliphatic rings. The minimum absolute atomic E-state index is 0.0612. The molecule has 3 heterocycles. The zero-order chi connectivity index (χ0) is 24.0. The molecule has 0 radical (unpaired) electrons. The van der Waals surface area contributed by atoms with Gasteiger partial charge in [-0.2, -0.15) is 0 Å². The minimum Gasteiger partial charge on any atom is -0.353 e. The van der Waals surface area contributed by atoms with Crippen LogP contribution < -0.4 is 0 Å². The SMILES string of the molecule is CCCCCC(/C=C/[C@@H]1COCC1C/C=C\C[C@@H](CC(=O)O)c1ccc[se]1)OC1CCCCO1. The van der Waals surface area contributed by atoms with Crippen molar-refractivity contribution in [1.82, 2.24) is 0 Å². The summed E-state index contributed by atoms with van der Waals surface area (Å²) in [6.07, 6.45) is 19.0. The van der Waals surface area contributed by atoms with Crippen molar-refractivity contribution in [3.8, 4) is 0 Å². The third kappa shape index (κ3) is 9.83. The molecular formula is C28H42O5Se. The number of hydrogen-bond acceptors (Lipinski definition) is 4. The molecule has 6 heteroatoms. The van der Waals surface area contributed by atoms with E-state index < -0.39 is 5.97 Å². The molecular weight excluding hydrogens is 495 g/mol. The molecule has 0 aromatic carbocycles. The number of carboxylic acid groups (broad SMARTS) is 1. The van der Waals surface area contributed by atoms with Crippen molar-refractivity contribution in [2.24, 2.45) is 11.8 Å². The second-order valence-corrected chi connectivity index (χ2v) is 11.6. The van der Waals surface area contributed by atoms with Crippen LogP contribution in [0.25, 0.3) is 0 Å². The van der Waals surface area contributed by atoms with Gasteiger partial charge in [-0.3, -0.25) is 0 Å². The van der Waals surface area contributed by atoms with Gasteiger partial charge in [0, 0.05) is 6.61 Å². The predicted molar refractivity (Wildman–Crippen MR) is 136 cm³/mol. The topological polar surface area (TPSA) is 65.0 Å². The van der Waals surface area contributed by atoms with E-state index in [0.717, 1.165) is 51.9 Å². The molecule has 190 valence electrons. The van der Waals surface area contributed by atoms with Gasteiger partial charge < -0.3 is 4.74 Å². The molecule has 2 saturated heterocycles. The Morgan fingerprint density at radius 1 is 1.29 bits per heavy atom. The standard InChI is InChI=1S/C28H42O5Se/c1-2-3-4-12-25(33-28-14-7-8-17-32-28)16-15-24-21-31-20-23(24)11-6-5-10-22(19-27(29)30)26-13-9-18-34-26/h5-6,9,13,15-16,18,22-25,28H,2-4,7-8,10-12,14,17,19-21H2,1H3,(H,29,30)/b6-5-,16-15+/t22-,23?,24+,25?,28?/m0/s1. The molecule has 1 aromatic heterocycles. The van der Waals surface area contributed by atoms with Crippen LogP contribution in [0.4, 0.5) is 0 Å². The number of carbonyl (C=O) groups is 1. The van der Waals surface area contributed by atoms with Gasteiger partial charge >= 0.3 is 148 Å². The molecule has 34 heavy (non-hydrogen) atoms. The number of hydrogen-bond donors (Lipinski definition) is 1. The van der Waals surface area contributed by atoms with Crippen LogP contribution in [-0.4, -0.2) is 57.8 Å². The fourth-order valence-corrected chi connectivity index (χ4v) is 6.49. The summed E-state index contributed by atoms with van der Waals surface area (Å²) in [6.45, 7) is 4.59. The Morgan fingerprint density at radius 2 is 2.21 bits per heavy atom. The predicted octanol–water partition coefficient (Wildman–Crippen LogP) is 5.95. The quantitative estimate of drug-likeness (QED) is 0.170. The number of ether oxygens (including phenoxy) is 3. The first-order chi connectivity index (χ1) is 16.7. The molecule has 0 bridgehead atoms. The van der Waals surface area contributed by atoms with Gasteiger partial charge in [-0.15, -0.1) is 0 Å². The van der Waals surface area contributed by atoms with Gasteiger partial charge in [-0.05, 0) is 19.3 Å². The van der Waals surface area contributed by atoms with Crippen LogP contribution >= 0.6 is 0 Å². The Balaban J connectivity index is 1.50. The van der Waals surface area contributed by atoms with Crippen LogP contribution in [-0.2, 0) is 19.0 Å². The first kappa shape index (κ1) is 27.4. The summed E-state index contributed by atoms with van der Waals surface area (Å²) < 4.78 is 19.2. The van der Waals surface area contributed by atoms with Crippen molar-refractivity contribution in [2.75, 3.05) is 19.8 Å². The van der Waals surface area contributed by atoms with Gasteiger partial charge in [0.05, 0.1) is 0 Å². The Bertz CT molecular complexity index is 738. The molecule has 1 N–H and O–H groups in total. The van der Waals surface area contributed by atoms with E-state index in [2.05, 4.69) is 48.3 Å². The van der Waals surface area contributed by atoms with Crippen molar-refractivity contribution < 1.29 is 24.1 Å². The number of allylic oxidation sites excluding steroid dienone is 2. The van der Waals surface area contributed by atoms with Crippen molar-refractivity contribution >= 4 is 20.5 Å². The summed E-state index contributed by atoms with van der Waals surface area (Å²) in [5, 5.41) is 9.28. The number of unbranched alkanes of at least 4 members (excludes halogenated alkanes) is 2. The van der Waals surface area contributed by atoms with E-state index in [1.165, 1.54) is 30.1 Å². The van der Waals surface area contributed by atoms with Gasteiger partial charge in [0.15, 0.2) is 6.29 Å². The molecule has 0 aliphatic carbocycles. The molecule has 5 atom stereocenters. The molecule has 5 nitrogen and oxygen atoms in total. The van der Waals surface area contributed by atoms with E-state index in [1.807, 2.05) is 0 Å². The van der Waals surface area contributed by atoms with Crippen LogP contribution in [0.3, 0.4) is 0 Å². The zero-order valence-electron chi connectivity index (χ0n) is 20.6. The smallest absolute Gasteiger partial charge is 0.353 e. The third-order valence-electron chi connectivity index (χ3n) is 6.77. The van der Waals surface area contributed by atoms with E-state index >= 15 is 0 Å². The summed E-state index contributed by atoms with van der Waals surface area (Å²) in [5.74, 6) is 0.256. The molecule has 2 aliphatic heterocycles. The van der Waals surface area contributed by atoms with Gasteiger partial charge in [0.25, 0.3) is 0 Å². The monoisotopic (exact) mass is 538 g/mol. The summed E-state index contributed by atoms with van der Waals surface area (Å²) in [5.41, 5.74) is 0. The summed E-state index contributed by atoms with van der Waals surface area (Å²) in [7, 11) is 0. The Morgan fingerprint density at radius 3 is 2.94 bits per heavy atom. The Hall–Kier alpha value is -1.17. The maximum atomic E-state index is 11.3. The van der Waals surface area contributed by atoms with Gasteiger partial charge in [0.1, 0.15) is 0 Å². The van der Waals surface area contributed by atoms with Gasteiger partial charge in [0.2, 0.25) is 0 Å². The summed E-state index contributed by atoms with van der Waals surface area (Å²) >= 11 is 0.307. The normalized spacial score (nSPS) is 25.3. The van der Waals surface area contributed by atoms with Crippen LogP contribution in [0.2, 0.25) is 0 Å². The number of carboxylic acids is 1. The molecule has 0 spiro atoms. The molecule has 3 rings (SSSR count). The van der Waals surface area contributed by atoms with Crippen LogP contribution in [0.15, 0.2) is 41.4 Å². The van der Waals surface area contributed by atoms with E-state index in [-0.39, 0.29) is 24.7 Å². The van der Waals surface area contributed by atoms with E-state index in [9.17, 15) is 9.90 Å². The van der Waals surface area contributed by atoms with Crippen LogP contribution in [0, 0.1) is 11.8 Å². The van der Waals surface area contributed by atoms with E-state index in [0.29, 0.717) is 26.3 Å². The minimum atomic E-state index is -0.717. The van der Waals surface area contributed by atoms with Gasteiger partial charge in [-0.25, -0.2) is 0 Å². The van der Waals surface area contributed by atoms with Crippen molar-refractivity contribution in [3.05, 3.63) is 45.8 Å². The Labute approximate surface area is 211 Å². The number of rotatable bonds is 15. The fourth-order valence-electron chi connectivity index (χ4n) is 4.72. The molecule has 2 fully saturated rings. The maximum absolute atomic E-state index is 11.3. The van der Waals surface area contributed by atoms with Crippen molar-refractivity contribution in [2.45, 2.75) is 89.4 Å². The summed E-state index contributed by atoms with van der Waals surface area (Å²) in [4.78, 5) is 13.4. The molecule has 3 unspecified atom stereocenters. The van der Waals surface area contributed by atoms with Crippen LogP contribution in [0.1, 0.15) is 81.5 Å². The van der Waals surface area contributed by atoms with Crippen LogP contribution in [0.5, 0.6) is 0 Å². The molecule has 1 aromatic rings. The van der Waals surface area contributed by atoms with Gasteiger partial charge in [-0.1, -0.05) is 26.2 Å². The van der Waals surface area contributed by atoms with E-state index in [4.69, 9.17) is 14.2 Å². The van der Waals surface area contributed by atoms with E-state index in [1.54, 1.807) is 0 Å². The molecule has 0 amide bonds. The average Bonchev–Trinajstić information content (AvgIpc) is 3.52. The third-order valence-corrected chi connectivity index (χ3v) is 8.94. The average molecular weight is 538 g/mol. The fraction of sp³-hybridized carbons (Fsp3) is 0.679. The zero-order valence-corrected chi connectivity index (χ0v) is 22.3. The molecule has 0 saturated carbocycles.